The molecule has 2 atom stereocenters. The van der Waals surface area contributed by atoms with E-state index in [2.05, 4.69) is 15.5 Å². The summed E-state index contributed by atoms with van der Waals surface area (Å²) in [5.41, 5.74) is 2.71. The van der Waals surface area contributed by atoms with Crippen LogP contribution in [0, 0.1) is 0 Å². The van der Waals surface area contributed by atoms with E-state index in [-0.39, 0.29) is 30.4 Å². The van der Waals surface area contributed by atoms with Crippen molar-refractivity contribution in [1.82, 2.24) is 20.4 Å². The van der Waals surface area contributed by atoms with Gasteiger partial charge in [-0.25, -0.2) is 0 Å². The lowest BCUT2D eigenvalue weighted by Crippen LogP contribution is -2.63. The molecule has 6 heteroatoms. The van der Waals surface area contributed by atoms with Crippen LogP contribution >= 0.6 is 0 Å². The van der Waals surface area contributed by atoms with Crippen LogP contribution in [0.3, 0.4) is 0 Å². The number of amides is 2. The summed E-state index contributed by atoms with van der Waals surface area (Å²) in [7, 11) is 0. The third kappa shape index (κ3) is 2.04. The minimum atomic E-state index is -0.0684. The van der Waals surface area contributed by atoms with E-state index in [0.717, 1.165) is 56.2 Å². The van der Waals surface area contributed by atoms with Crippen molar-refractivity contribution in [3.63, 3.8) is 0 Å². The summed E-state index contributed by atoms with van der Waals surface area (Å²) in [5, 5.41) is 10.3. The zero-order valence-corrected chi connectivity index (χ0v) is 12.0. The number of hydrogen-bond acceptors (Lipinski definition) is 3. The van der Waals surface area contributed by atoms with E-state index in [4.69, 9.17) is 0 Å². The summed E-state index contributed by atoms with van der Waals surface area (Å²) < 4.78 is 0. The Morgan fingerprint density at radius 1 is 1.19 bits per heavy atom. The van der Waals surface area contributed by atoms with Crippen molar-refractivity contribution in [1.29, 1.82) is 0 Å². The molecule has 2 N–H and O–H groups in total. The number of nitrogens with zero attached hydrogens (tertiary/aromatic N) is 2. The second-order valence-electron chi connectivity index (χ2n) is 6.34. The molecule has 3 aliphatic rings. The molecule has 4 rings (SSSR count). The lowest BCUT2D eigenvalue weighted by Gasteiger charge is -2.43. The molecular weight excluding hydrogens is 268 g/mol. The van der Waals surface area contributed by atoms with Gasteiger partial charge in [-0.1, -0.05) is 12.8 Å². The van der Waals surface area contributed by atoms with Gasteiger partial charge in [-0.3, -0.25) is 14.7 Å². The number of nitrogens with one attached hydrogen (secondary N) is 2. The molecule has 21 heavy (non-hydrogen) atoms. The molecule has 1 saturated carbocycles. The second-order valence-corrected chi connectivity index (χ2v) is 6.34. The van der Waals surface area contributed by atoms with E-state index in [1.54, 1.807) is 4.90 Å². The molecule has 1 aromatic rings. The van der Waals surface area contributed by atoms with Crippen molar-refractivity contribution in [3.05, 3.63) is 17.0 Å². The number of carbonyl (C=O) groups is 2. The normalized spacial score (nSPS) is 28.0. The van der Waals surface area contributed by atoms with Crippen molar-refractivity contribution in [2.45, 2.75) is 57.0 Å². The Morgan fingerprint density at radius 2 is 2.05 bits per heavy atom. The molecule has 2 heterocycles. The predicted molar refractivity (Wildman–Crippen MR) is 75.8 cm³/mol. The smallest absolute Gasteiger partial charge is 0.275 e. The lowest BCUT2D eigenvalue weighted by molar-refractivity contribution is -0.127. The maximum atomic E-state index is 12.9. The highest BCUT2D eigenvalue weighted by Crippen LogP contribution is 2.29. The first-order valence-corrected chi connectivity index (χ1v) is 7.90. The fourth-order valence-corrected chi connectivity index (χ4v) is 4.03. The zero-order valence-electron chi connectivity index (χ0n) is 12.0. The van der Waals surface area contributed by atoms with Crippen LogP contribution in [0.5, 0.6) is 0 Å². The van der Waals surface area contributed by atoms with Crippen molar-refractivity contribution in [2.75, 3.05) is 6.54 Å². The average molecular weight is 288 g/mol. The van der Waals surface area contributed by atoms with Crippen LogP contribution in [0.1, 0.15) is 53.8 Å². The van der Waals surface area contributed by atoms with Crippen LogP contribution in [-0.2, 0) is 17.6 Å². The Morgan fingerprint density at radius 3 is 2.95 bits per heavy atom. The monoisotopic (exact) mass is 288 g/mol. The van der Waals surface area contributed by atoms with Gasteiger partial charge >= 0.3 is 0 Å². The van der Waals surface area contributed by atoms with Gasteiger partial charge in [-0.15, -0.1) is 0 Å². The van der Waals surface area contributed by atoms with Gasteiger partial charge < -0.3 is 10.2 Å². The highest BCUT2D eigenvalue weighted by Gasteiger charge is 2.40. The average Bonchev–Trinajstić information content (AvgIpc) is 3.08. The number of piperazine rings is 1. The van der Waals surface area contributed by atoms with Gasteiger partial charge in [0.1, 0.15) is 6.54 Å². The van der Waals surface area contributed by atoms with Gasteiger partial charge in [0.2, 0.25) is 5.91 Å². The highest BCUT2D eigenvalue weighted by molar-refractivity contribution is 5.97. The largest absolute Gasteiger partial charge is 0.350 e. The summed E-state index contributed by atoms with van der Waals surface area (Å²) in [6.07, 6.45) is 7.17. The van der Waals surface area contributed by atoms with Gasteiger partial charge in [-0.05, 0) is 32.1 Å². The Bertz CT molecular complexity index is 594. The van der Waals surface area contributed by atoms with E-state index in [0.29, 0.717) is 5.69 Å². The standard InChI is InChI=1S/C15H20N4O2/c20-13-8-19(12-7-2-1-5-11(12)16-13)15(21)14-9-4-3-6-10(9)17-18-14/h11-12H,1-8H2,(H,16,20)(H,17,18)/t11-,12-/m0/s1. The third-order valence-electron chi connectivity index (χ3n) is 5.06. The third-order valence-corrected chi connectivity index (χ3v) is 5.06. The lowest BCUT2D eigenvalue weighted by atomic mass is 9.87. The molecule has 112 valence electrons. The highest BCUT2D eigenvalue weighted by atomic mass is 16.2. The SMILES string of the molecule is O=C1CN(C(=O)c2n[nH]c3c2CCC3)[C@H]2CCCC[C@@H]2N1. The minimum absolute atomic E-state index is 0.0429. The molecule has 0 spiro atoms. The zero-order chi connectivity index (χ0) is 14.4. The molecule has 2 amide bonds. The summed E-state index contributed by atoms with van der Waals surface area (Å²) in [6, 6.07) is 0.258. The molecule has 2 fully saturated rings. The summed E-state index contributed by atoms with van der Waals surface area (Å²) in [4.78, 5) is 26.5. The quantitative estimate of drug-likeness (QED) is 0.801. The first kappa shape index (κ1) is 12.9. The van der Waals surface area contributed by atoms with Crippen molar-refractivity contribution in [2.24, 2.45) is 0 Å². The predicted octanol–water partition coefficient (Wildman–Crippen LogP) is 0.782. The van der Waals surface area contributed by atoms with Crippen molar-refractivity contribution >= 4 is 11.8 Å². The number of rotatable bonds is 1. The number of carbonyl (C=O) groups excluding carboxylic acids is 2. The van der Waals surface area contributed by atoms with Gasteiger partial charge in [0.25, 0.3) is 5.91 Å². The van der Waals surface area contributed by atoms with Gasteiger partial charge in [0.15, 0.2) is 5.69 Å². The molecule has 0 aromatic carbocycles. The molecular formula is C15H20N4O2. The number of aromatic amines is 1. The Kier molecular flexibility index (Phi) is 2.97. The molecule has 6 nitrogen and oxygen atoms in total. The first-order chi connectivity index (χ1) is 10.2. The van der Waals surface area contributed by atoms with Gasteiger partial charge in [-0.2, -0.15) is 5.10 Å². The molecule has 0 unspecified atom stereocenters. The van der Waals surface area contributed by atoms with E-state index in [9.17, 15) is 9.59 Å². The fraction of sp³-hybridized carbons (Fsp3) is 0.667. The number of aryl methyl sites for hydroxylation is 1. The minimum Gasteiger partial charge on any atom is -0.350 e. The summed E-state index contributed by atoms with van der Waals surface area (Å²) >= 11 is 0. The van der Waals surface area contributed by atoms with Crippen molar-refractivity contribution in [3.8, 4) is 0 Å². The van der Waals surface area contributed by atoms with E-state index in [1.165, 1.54) is 0 Å². The van der Waals surface area contributed by atoms with E-state index >= 15 is 0 Å². The van der Waals surface area contributed by atoms with Crippen LogP contribution in [0.2, 0.25) is 0 Å². The maximum absolute atomic E-state index is 12.9. The molecule has 2 aliphatic carbocycles. The van der Waals surface area contributed by atoms with Crippen LogP contribution in [0.25, 0.3) is 0 Å². The van der Waals surface area contributed by atoms with Crippen LogP contribution in [0.4, 0.5) is 0 Å². The Hall–Kier alpha value is -1.85. The second kappa shape index (κ2) is 4.86. The molecule has 1 aromatic heterocycles. The molecule has 0 bridgehead atoms. The Labute approximate surface area is 123 Å². The number of aromatic nitrogens is 2. The number of H-pyrrole nitrogens is 1. The maximum Gasteiger partial charge on any atom is 0.275 e. The van der Waals surface area contributed by atoms with Crippen LogP contribution < -0.4 is 5.32 Å². The molecule has 0 radical (unpaired) electrons. The van der Waals surface area contributed by atoms with Gasteiger partial charge in [0, 0.05) is 17.3 Å². The Balaban J connectivity index is 1.64. The topological polar surface area (TPSA) is 78.1 Å². The van der Waals surface area contributed by atoms with Gasteiger partial charge in [0.05, 0.1) is 6.04 Å². The molecule has 1 saturated heterocycles. The van der Waals surface area contributed by atoms with Crippen molar-refractivity contribution < 1.29 is 9.59 Å². The first-order valence-electron chi connectivity index (χ1n) is 7.90. The van der Waals surface area contributed by atoms with E-state index in [1.807, 2.05) is 0 Å². The summed E-state index contributed by atoms with van der Waals surface area (Å²) in [5.74, 6) is -0.111. The fourth-order valence-electron chi connectivity index (χ4n) is 4.03. The van der Waals surface area contributed by atoms with Crippen LogP contribution in [0.15, 0.2) is 0 Å². The molecule has 1 aliphatic heterocycles. The summed E-state index contributed by atoms with van der Waals surface area (Å²) in [6.45, 7) is 0.168. The number of hydrogen-bond donors (Lipinski definition) is 2. The number of fused-ring (bicyclic) bond motifs is 2. The van der Waals surface area contributed by atoms with Crippen LogP contribution in [-0.4, -0.2) is 45.5 Å². The van der Waals surface area contributed by atoms with E-state index < -0.39 is 0 Å².